The fourth-order valence-electron chi connectivity index (χ4n) is 4.84. The lowest BCUT2D eigenvalue weighted by Crippen LogP contribution is -2.09. The molecular formula is C27H21NO2S. The summed E-state index contributed by atoms with van der Waals surface area (Å²) in [6, 6.07) is 21.5. The highest BCUT2D eigenvalue weighted by Gasteiger charge is 2.23. The molecule has 0 bridgehead atoms. The van der Waals surface area contributed by atoms with E-state index in [0.717, 1.165) is 41.5 Å². The maximum Gasteiger partial charge on any atom is 0.206 e. The van der Waals surface area contributed by atoms with Crippen molar-refractivity contribution < 1.29 is 8.42 Å². The van der Waals surface area contributed by atoms with Crippen LogP contribution in [-0.4, -0.2) is 15.0 Å². The summed E-state index contributed by atoms with van der Waals surface area (Å²) in [7, 11) is -3.63. The number of hydrogen-bond acceptors (Lipinski definition) is 3. The molecule has 0 amide bonds. The minimum absolute atomic E-state index is 0.328. The summed E-state index contributed by atoms with van der Waals surface area (Å²) in [5.74, 6) is 0. The van der Waals surface area contributed by atoms with Gasteiger partial charge in [-0.05, 0) is 80.9 Å². The summed E-state index contributed by atoms with van der Waals surface area (Å²) < 4.78 is 27.2. The van der Waals surface area contributed by atoms with Gasteiger partial charge in [-0.2, -0.15) is 0 Å². The maximum absolute atomic E-state index is 13.6. The van der Waals surface area contributed by atoms with Gasteiger partial charge >= 0.3 is 0 Å². The van der Waals surface area contributed by atoms with Gasteiger partial charge in [-0.15, -0.1) is 0 Å². The van der Waals surface area contributed by atoms with Gasteiger partial charge < -0.3 is 5.32 Å². The van der Waals surface area contributed by atoms with Gasteiger partial charge in [-0.3, -0.25) is 0 Å². The van der Waals surface area contributed by atoms with Crippen LogP contribution in [0.25, 0.3) is 27.1 Å². The van der Waals surface area contributed by atoms with Crippen molar-refractivity contribution in [3.8, 4) is 0 Å². The van der Waals surface area contributed by atoms with Gasteiger partial charge in [0.25, 0.3) is 0 Å². The van der Waals surface area contributed by atoms with Crippen LogP contribution in [0.15, 0.2) is 94.9 Å². The van der Waals surface area contributed by atoms with Crippen LogP contribution in [0.2, 0.25) is 0 Å². The van der Waals surface area contributed by atoms with E-state index in [1.165, 1.54) is 21.7 Å². The largest absolute Gasteiger partial charge is 0.387 e. The van der Waals surface area contributed by atoms with Crippen LogP contribution in [-0.2, 0) is 22.7 Å². The second-order valence-corrected chi connectivity index (χ2v) is 10.2. The Hall–Kier alpha value is -3.37. The van der Waals surface area contributed by atoms with Crippen LogP contribution in [0.1, 0.15) is 16.7 Å². The smallest absolute Gasteiger partial charge is 0.206 e. The first-order chi connectivity index (χ1) is 15.1. The summed E-state index contributed by atoms with van der Waals surface area (Å²) in [5.41, 5.74) is 4.35. The molecule has 0 spiro atoms. The van der Waals surface area contributed by atoms with Gasteiger partial charge in [-0.1, -0.05) is 54.6 Å². The van der Waals surface area contributed by atoms with Crippen molar-refractivity contribution in [3.63, 3.8) is 0 Å². The summed E-state index contributed by atoms with van der Waals surface area (Å²) in [6.07, 6.45) is 7.78. The van der Waals surface area contributed by atoms with E-state index in [-0.39, 0.29) is 0 Å². The molecular weight excluding hydrogens is 402 g/mol. The average Bonchev–Trinajstić information content (AvgIpc) is 2.83. The zero-order valence-corrected chi connectivity index (χ0v) is 17.7. The first-order valence-corrected chi connectivity index (χ1v) is 12.0. The lowest BCUT2D eigenvalue weighted by Gasteiger charge is -2.20. The number of benzene rings is 4. The predicted octanol–water partition coefficient (Wildman–Crippen LogP) is 5.42. The van der Waals surface area contributed by atoms with E-state index in [2.05, 4.69) is 35.6 Å². The lowest BCUT2D eigenvalue weighted by atomic mass is 9.86. The Labute approximate surface area is 181 Å². The maximum atomic E-state index is 13.6. The third-order valence-corrected chi connectivity index (χ3v) is 8.07. The minimum Gasteiger partial charge on any atom is -0.387 e. The molecule has 2 aliphatic rings. The van der Waals surface area contributed by atoms with Gasteiger partial charge in [0.2, 0.25) is 9.84 Å². The number of rotatable bonds is 3. The topological polar surface area (TPSA) is 46.2 Å². The first-order valence-electron chi connectivity index (χ1n) is 10.5. The Morgan fingerprint density at radius 2 is 1.55 bits per heavy atom. The van der Waals surface area contributed by atoms with E-state index in [1.54, 1.807) is 12.1 Å². The van der Waals surface area contributed by atoms with Crippen molar-refractivity contribution in [2.24, 2.45) is 0 Å². The first kappa shape index (κ1) is 18.4. The zero-order chi connectivity index (χ0) is 21.0. The summed E-state index contributed by atoms with van der Waals surface area (Å²) in [4.78, 5) is 0.700. The molecule has 0 radical (unpaired) electrons. The average molecular weight is 424 g/mol. The van der Waals surface area contributed by atoms with Gasteiger partial charge in [0, 0.05) is 12.7 Å². The van der Waals surface area contributed by atoms with Crippen molar-refractivity contribution >= 4 is 37.0 Å². The van der Waals surface area contributed by atoms with Crippen LogP contribution in [0.3, 0.4) is 0 Å². The number of allylic oxidation sites excluding steroid dienone is 2. The van der Waals surface area contributed by atoms with Crippen LogP contribution in [0, 0.1) is 0 Å². The van der Waals surface area contributed by atoms with Crippen molar-refractivity contribution in [1.29, 1.82) is 0 Å². The highest BCUT2D eigenvalue weighted by molar-refractivity contribution is 7.91. The van der Waals surface area contributed by atoms with Crippen molar-refractivity contribution in [1.82, 2.24) is 5.32 Å². The summed E-state index contributed by atoms with van der Waals surface area (Å²) in [5, 5.41) is 7.87. The molecule has 4 aromatic rings. The molecule has 0 fully saturated rings. The zero-order valence-electron chi connectivity index (χ0n) is 16.9. The van der Waals surface area contributed by atoms with E-state index in [9.17, 15) is 8.42 Å². The summed E-state index contributed by atoms with van der Waals surface area (Å²) >= 11 is 0. The second kappa shape index (κ2) is 6.82. The molecule has 4 aromatic carbocycles. The molecule has 1 aliphatic heterocycles. The Morgan fingerprint density at radius 3 is 2.42 bits per heavy atom. The Balaban J connectivity index is 1.52. The van der Waals surface area contributed by atoms with E-state index in [4.69, 9.17) is 0 Å². The van der Waals surface area contributed by atoms with Crippen LogP contribution >= 0.6 is 0 Å². The molecule has 0 unspecified atom stereocenters. The third kappa shape index (κ3) is 2.90. The quantitative estimate of drug-likeness (QED) is 0.447. The number of aryl methyl sites for hydroxylation is 2. The van der Waals surface area contributed by atoms with Gasteiger partial charge in [0.05, 0.1) is 9.79 Å². The van der Waals surface area contributed by atoms with Crippen molar-refractivity contribution in [2.45, 2.75) is 22.6 Å². The van der Waals surface area contributed by atoms with E-state index in [1.807, 2.05) is 42.6 Å². The van der Waals surface area contributed by atoms with E-state index in [0.29, 0.717) is 9.79 Å². The lowest BCUT2D eigenvalue weighted by molar-refractivity contribution is 0.596. The van der Waals surface area contributed by atoms with Crippen LogP contribution in [0.5, 0.6) is 0 Å². The van der Waals surface area contributed by atoms with Crippen LogP contribution in [0.4, 0.5) is 0 Å². The molecule has 1 heterocycles. The van der Waals surface area contributed by atoms with Gasteiger partial charge in [-0.25, -0.2) is 8.42 Å². The fourth-order valence-corrected chi connectivity index (χ4v) is 6.23. The molecule has 6 rings (SSSR count). The standard InChI is InChI=1S/C27H21NO2S/c29-31(30,24-8-2-6-20(14-24)23-7-3-13-28-17-23)25-15-21-11-9-18-4-1-5-19-10-12-22(16-25)27(21)26(18)19/h1-9,11,14-17,28H,10,12-13H2. The highest BCUT2D eigenvalue weighted by atomic mass is 32.2. The number of sulfone groups is 1. The molecule has 0 saturated carbocycles. The molecule has 31 heavy (non-hydrogen) atoms. The van der Waals surface area contributed by atoms with Gasteiger partial charge in [0.1, 0.15) is 0 Å². The SMILES string of the molecule is O=S(=O)(c1cccc(C2=CNCC=C2)c1)c1cc2c3c(ccc4cccc(c43)CC2)c1. The van der Waals surface area contributed by atoms with E-state index < -0.39 is 9.84 Å². The molecule has 1 N–H and O–H groups in total. The Bertz CT molecular complexity index is 1540. The molecule has 3 nitrogen and oxygen atoms in total. The molecule has 152 valence electrons. The Kier molecular flexibility index (Phi) is 4.05. The third-order valence-electron chi connectivity index (χ3n) is 6.34. The molecule has 0 atom stereocenters. The second-order valence-electron chi connectivity index (χ2n) is 8.20. The molecule has 0 aromatic heterocycles. The number of hydrogen-bond donors (Lipinski definition) is 1. The van der Waals surface area contributed by atoms with Crippen molar-refractivity contribution in [3.05, 3.63) is 102 Å². The van der Waals surface area contributed by atoms with E-state index >= 15 is 0 Å². The minimum atomic E-state index is -3.63. The number of dihydropyridines is 1. The number of nitrogens with one attached hydrogen (secondary N) is 1. The monoisotopic (exact) mass is 423 g/mol. The molecule has 1 aliphatic carbocycles. The van der Waals surface area contributed by atoms with Crippen LogP contribution < -0.4 is 5.32 Å². The van der Waals surface area contributed by atoms with Crippen molar-refractivity contribution in [2.75, 3.05) is 6.54 Å². The summed E-state index contributed by atoms with van der Waals surface area (Å²) in [6.45, 7) is 0.789. The molecule has 4 heteroatoms. The highest BCUT2D eigenvalue weighted by Crippen LogP contribution is 2.38. The Morgan fingerprint density at radius 1 is 0.742 bits per heavy atom. The molecule has 0 saturated heterocycles. The normalized spacial score (nSPS) is 15.3. The predicted molar refractivity (Wildman–Crippen MR) is 126 cm³/mol. The van der Waals surface area contributed by atoms with Gasteiger partial charge in [0.15, 0.2) is 0 Å². The fraction of sp³-hybridized carbons (Fsp3) is 0.111.